The first-order chi connectivity index (χ1) is 13.2. The van der Waals surface area contributed by atoms with Crippen molar-refractivity contribution in [3.05, 3.63) is 40.9 Å². The van der Waals surface area contributed by atoms with Gasteiger partial charge in [0.1, 0.15) is 10.6 Å². The number of carbonyl (C=O) groups is 1. The Kier molecular flexibility index (Phi) is 5.16. The van der Waals surface area contributed by atoms with Crippen LogP contribution in [0.5, 0.6) is 0 Å². The molecule has 1 aliphatic rings. The molecule has 2 N–H and O–H groups in total. The third-order valence-corrected chi connectivity index (χ3v) is 6.44. The van der Waals surface area contributed by atoms with Gasteiger partial charge in [0.05, 0.1) is 10.7 Å². The molecule has 7 nitrogen and oxygen atoms in total. The number of amides is 1. The van der Waals surface area contributed by atoms with E-state index in [1.165, 1.54) is 14.0 Å². The second kappa shape index (κ2) is 6.96. The summed E-state index contributed by atoms with van der Waals surface area (Å²) in [6, 6.07) is 1.52. The zero-order valence-corrected chi connectivity index (χ0v) is 16.6. The molecule has 0 saturated heterocycles. The van der Waals surface area contributed by atoms with Crippen LogP contribution in [0.25, 0.3) is 0 Å². The number of pyridine rings is 1. The van der Waals surface area contributed by atoms with Crippen molar-refractivity contribution in [2.75, 3.05) is 5.32 Å². The number of hydrogen-bond acceptors (Lipinski definition) is 4. The molecule has 1 fully saturated rings. The van der Waals surface area contributed by atoms with Gasteiger partial charge in [-0.05, 0) is 6.92 Å². The number of sulfonamides is 1. The molecule has 0 atom stereocenters. The third-order valence-electron chi connectivity index (χ3n) is 4.29. The molecule has 2 aromatic heterocycles. The number of halogens is 5. The fraction of sp³-hybridized carbons (Fsp3) is 0.375. The first-order valence-electron chi connectivity index (χ1n) is 8.12. The minimum absolute atomic E-state index is 0.260. The van der Waals surface area contributed by atoms with E-state index >= 15 is 0 Å². The van der Waals surface area contributed by atoms with Crippen molar-refractivity contribution < 1.29 is 30.8 Å². The quantitative estimate of drug-likeness (QED) is 0.536. The number of nitrogens with zero attached hydrogens (tertiary/aromatic N) is 2. The summed E-state index contributed by atoms with van der Waals surface area (Å²) in [6.07, 6.45) is -0.306. The summed E-state index contributed by atoms with van der Waals surface area (Å²) >= 11 is 6.07. The van der Waals surface area contributed by atoms with Crippen LogP contribution in [-0.2, 0) is 17.1 Å². The molecule has 0 aromatic carbocycles. The second-order valence-corrected chi connectivity index (χ2v) is 9.13. The van der Waals surface area contributed by atoms with Gasteiger partial charge in [0.25, 0.3) is 11.8 Å². The summed E-state index contributed by atoms with van der Waals surface area (Å²) in [5.74, 6) is -6.24. The lowest BCUT2D eigenvalue weighted by molar-refractivity contribution is -0.121. The van der Waals surface area contributed by atoms with Gasteiger partial charge < -0.3 is 9.88 Å². The van der Waals surface area contributed by atoms with E-state index in [4.69, 9.17) is 11.6 Å². The van der Waals surface area contributed by atoms with Gasteiger partial charge in [0, 0.05) is 43.8 Å². The lowest BCUT2D eigenvalue weighted by Crippen LogP contribution is -2.60. The van der Waals surface area contributed by atoms with Crippen molar-refractivity contribution in [2.24, 2.45) is 7.05 Å². The lowest BCUT2D eigenvalue weighted by atomic mass is 9.76. The molecule has 3 rings (SSSR count). The van der Waals surface area contributed by atoms with Crippen molar-refractivity contribution in [1.29, 1.82) is 0 Å². The van der Waals surface area contributed by atoms with Crippen LogP contribution in [0.4, 0.5) is 23.2 Å². The largest absolute Gasteiger partial charge is 0.344 e. The van der Waals surface area contributed by atoms with Crippen molar-refractivity contribution in [1.82, 2.24) is 14.3 Å². The normalized spacial score (nSPS) is 17.6. The average Bonchev–Trinajstić information content (AvgIpc) is 2.78. The van der Waals surface area contributed by atoms with Crippen LogP contribution in [0, 0.1) is 11.9 Å². The molecule has 13 heteroatoms. The average molecular weight is 455 g/mol. The van der Waals surface area contributed by atoms with Crippen LogP contribution in [0.1, 0.15) is 30.3 Å². The predicted molar refractivity (Wildman–Crippen MR) is 95.4 cm³/mol. The molecule has 0 bridgehead atoms. The highest BCUT2D eigenvalue weighted by Crippen LogP contribution is 2.46. The van der Waals surface area contributed by atoms with Crippen LogP contribution < -0.4 is 10.0 Å². The highest BCUT2D eigenvalue weighted by molar-refractivity contribution is 7.89. The Labute approximate surface area is 168 Å². The van der Waals surface area contributed by atoms with Crippen LogP contribution in [0.3, 0.4) is 0 Å². The van der Waals surface area contributed by atoms with Gasteiger partial charge in [-0.1, -0.05) is 11.6 Å². The summed E-state index contributed by atoms with van der Waals surface area (Å²) in [7, 11) is -3.00. The van der Waals surface area contributed by atoms with Crippen molar-refractivity contribution in [3.63, 3.8) is 0 Å². The number of hydrogen-bond donors (Lipinski definition) is 2. The minimum atomic E-state index is -4.33. The number of aryl methyl sites for hydroxylation is 1. The van der Waals surface area contributed by atoms with E-state index in [-0.39, 0.29) is 11.4 Å². The standard InChI is InChI=1S/C16H15ClF4N4O3S/c1-15(6-16(20,21)7-15)24-29(27,28)9-5-25(2)13(12(9)17)14(26)22-8-3-10(18)23-11(19)4-8/h3-5,24H,6-7H2,1-2H3,(H,22,23,26). The van der Waals surface area contributed by atoms with Gasteiger partial charge >= 0.3 is 0 Å². The Bertz CT molecular complexity index is 1080. The third kappa shape index (κ3) is 4.38. The maximum absolute atomic E-state index is 13.2. The summed E-state index contributed by atoms with van der Waals surface area (Å²) in [5.41, 5.74) is -1.92. The van der Waals surface area contributed by atoms with E-state index in [2.05, 4.69) is 15.0 Å². The lowest BCUT2D eigenvalue weighted by Gasteiger charge is -2.44. The van der Waals surface area contributed by atoms with Gasteiger partial charge in [-0.25, -0.2) is 21.9 Å². The second-order valence-electron chi connectivity index (χ2n) is 7.10. The SMILES string of the molecule is Cn1cc(S(=O)(=O)NC2(C)CC(F)(F)C2)c(Cl)c1C(=O)Nc1cc(F)nc(F)c1. The van der Waals surface area contributed by atoms with Gasteiger partial charge in [0.15, 0.2) is 0 Å². The molecule has 2 heterocycles. The summed E-state index contributed by atoms with van der Waals surface area (Å²) in [4.78, 5) is 14.9. The van der Waals surface area contributed by atoms with Crippen LogP contribution in [-0.4, -0.2) is 35.3 Å². The molecule has 2 aromatic rings. The molecule has 1 aliphatic carbocycles. The molecule has 158 valence electrons. The first kappa shape index (κ1) is 21.5. The van der Waals surface area contributed by atoms with Crippen molar-refractivity contribution in [2.45, 2.75) is 36.1 Å². The number of anilines is 1. The van der Waals surface area contributed by atoms with Gasteiger partial charge in [-0.15, -0.1) is 0 Å². The van der Waals surface area contributed by atoms with Crippen LogP contribution in [0.15, 0.2) is 23.2 Å². The molecule has 1 amide bonds. The maximum Gasteiger partial charge on any atom is 0.273 e. The van der Waals surface area contributed by atoms with Crippen molar-refractivity contribution in [3.8, 4) is 0 Å². The first-order valence-corrected chi connectivity index (χ1v) is 9.99. The summed E-state index contributed by atoms with van der Waals surface area (Å²) in [6.45, 7) is 1.33. The van der Waals surface area contributed by atoms with E-state index in [0.29, 0.717) is 0 Å². The van der Waals surface area contributed by atoms with Gasteiger partial charge in [0.2, 0.25) is 21.9 Å². The molecule has 1 saturated carbocycles. The molecular formula is C16H15ClF4N4O3S. The molecule has 0 radical (unpaired) electrons. The molecule has 0 spiro atoms. The van der Waals surface area contributed by atoms with Crippen LogP contribution in [0.2, 0.25) is 5.02 Å². The Morgan fingerprint density at radius 1 is 1.24 bits per heavy atom. The van der Waals surface area contributed by atoms with E-state index in [1.807, 2.05) is 0 Å². The highest BCUT2D eigenvalue weighted by atomic mass is 35.5. The highest BCUT2D eigenvalue weighted by Gasteiger charge is 2.55. The fourth-order valence-corrected chi connectivity index (χ4v) is 5.39. The minimum Gasteiger partial charge on any atom is -0.344 e. The smallest absolute Gasteiger partial charge is 0.273 e. The van der Waals surface area contributed by atoms with E-state index < -0.39 is 62.0 Å². The van der Waals surface area contributed by atoms with Gasteiger partial charge in [-0.3, -0.25) is 4.79 Å². The fourth-order valence-electron chi connectivity index (χ4n) is 3.28. The molecule has 0 aliphatic heterocycles. The zero-order valence-electron chi connectivity index (χ0n) is 15.1. The summed E-state index contributed by atoms with van der Waals surface area (Å²) in [5, 5.41) is 1.72. The number of aromatic nitrogens is 2. The molecule has 29 heavy (non-hydrogen) atoms. The van der Waals surface area contributed by atoms with E-state index in [1.54, 1.807) is 0 Å². The van der Waals surface area contributed by atoms with Crippen LogP contribution >= 0.6 is 11.6 Å². The Balaban J connectivity index is 1.87. The number of rotatable bonds is 5. The summed E-state index contributed by atoms with van der Waals surface area (Å²) < 4.78 is 81.2. The van der Waals surface area contributed by atoms with E-state index in [9.17, 15) is 30.8 Å². The van der Waals surface area contributed by atoms with Crippen molar-refractivity contribution >= 4 is 33.2 Å². The zero-order chi connectivity index (χ0) is 21.8. The molecule has 0 unspecified atom stereocenters. The predicted octanol–water partition coefficient (Wildman–Crippen LogP) is 3.07. The molecular weight excluding hydrogens is 440 g/mol. The Morgan fingerprint density at radius 2 is 1.79 bits per heavy atom. The topological polar surface area (TPSA) is 93.1 Å². The van der Waals surface area contributed by atoms with Gasteiger partial charge in [-0.2, -0.15) is 13.8 Å². The number of nitrogens with one attached hydrogen (secondary N) is 2. The Hall–Kier alpha value is -2.18. The number of alkyl halides is 2. The number of carbonyl (C=O) groups excluding carboxylic acids is 1. The Morgan fingerprint density at radius 3 is 2.31 bits per heavy atom. The monoisotopic (exact) mass is 454 g/mol. The van der Waals surface area contributed by atoms with E-state index in [0.717, 1.165) is 22.9 Å². The maximum atomic E-state index is 13.2.